The molecule has 0 bridgehead atoms. The van der Waals surface area contributed by atoms with Crippen LogP contribution in [0.1, 0.15) is 19.3 Å². The lowest BCUT2D eigenvalue weighted by Gasteiger charge is -2.33. The van der Waals surface area contributed by atoms with Gasteiger partial charge in [-0.05, 0) is 43.0 Å². The second-order valence-corrected chi connectivity index (χ2v) is 8.96. The van der Waals surface area contributed by atoms with Gasteiger partial charge in [0.1, 0.15) is 34.7 Å². The lowest BCUT2D eigenvalue weighted by molar-refractivity contribution is 0.371. The number of hydrogen-bond acceptors (Lipinski definition) is 7. The van der Waals surface area contributed by atoms with Crippen molar-refractivity contribution in [1.82, 2.24) is 24.6 Å². The van der Waals surface area contributed by atoms with E-state index in [4.69, 9.17) is 10.00 Å². The van der Waals surface area contributed by atoms with Gasteiger partial charge in [0.05, 0.1) is 17.8 Å². The SMILES string of the molecule is N#CCC1CCN(n2cnc3cnc4cc(F)c(-c5ccc(Oc6ncccn6)cc5F)cc4c32)CC1. The van der Waals surface area contributed by atoms with Gasteiger partial charge in [-0.15, -0.1) is 0 Å². The van der Waals surface area contributed by atoms with Crippen molar-refractivity contribution in [3.05, 3.63) is 73.0 Å². The van der Waals surface area contributed by atoms with Crippen LogP contribution in [-0.4, -0.2) is 37.7 Å². The van der Waals surface area contributed by atoms with Crippen molar-refractivity contribution in [3.8, 4) is 29.0 Å². The molecule has 2 aromatic carbocycles. The number of pyridine rings is 1. The maximum absolute atomic E-state index is 15.2. The minimum atomic E-state index is -0.639. The molecule has 37 heavy (non-hydrogen) atoms. The molecule has 0 spiro atoms. The van der Waals surface area contributed by atoms with Crippen LogP contribution < -0.4 is 9.75 Å². The molecule has 0 atom stereocenters. The van der Waals surface area contributed by atoms with Gasteiger partial charge in [-0.1, -0.05) is 0 Å². The van der Waals surface area contributed by atoms with Gasteiger partial charge < -0.3 is 9.75 Å². The summed E-state index contributed by atoms with van der Waals surface area (Å²) in [6.45, 7) is 1.55. The third kappa shape index (κ3) is 4.29. The number of hydrogen-bond donors (Lipinski definition) is 0. The highest BCUT2D eigenvalue weighted by atomic mass is 19.1. The molecule has 1 fully saturated rings. The van der Waals surface area contributed by atoms with Gasteiger partial charge in [0.15, 0.2) is 0 Å². The van der Waals surface area contributed by atoms with Gasteiger partial charge in [0.2, 0.25) is 0 Å². The summed E-state index contributed by atoms with van der Waals surface area (Å²) in [5, 5.41) is 11.9. The number of ether oxygens (including phenoxy) is 1. The van der Waals surface area contributed by atoms with Crippen LogP contribution in [0.5, 0.6) is 11.8 Å². The Morgan fingerprint density at radius 2 is 1.73 bits per heavy atom. The number of halogens is 2. The van der Waals surface area contributed by atoms with Crippen molar-refractivity contribution in [2.75, 3.05) is 18.1 Å². The minimum Gasteiger partial charge on any atom is -0.424 e. The second-order valence-electron chi connectivity index (χ2n) is 8.96. The number of piperidine rings is 1. The van der Waals surface area contributed by atoms with E-state index in [1.807, 2.05) is 4.68 Å². The molecule has 0 saturated carbocycles. The Labute approximate surface area is 210 Å². The summed E-state index contributed by atoms with van der Waals surface area (Å²) in [6.07, 6.45) is 8.76. The average molecular weight is 498 g/mol. The molecule has 0 unspecified atom stereocenters. The normalized spacial score (nSPS) is 14.2. The van der Waals surface area contributed by atoms with E-state index in [9.17, 15) is 0 Å². The van der Waals surface area contributed by atoms with Gasteiger partial charge in [0.25, 0.3) is 0 Å². The Morgan fingerprint density at radius 3 is 2.49 bits per heavy atom. The number of imidazole rings is 1. The topological polar surface area (TPSA) is 92.8 Å². The smallest absolute Gasteiger partial charge is 0.321 e. The van der Waals surface area contributed by atoms with E-state index in [-0.39, 0.29) is 22.9 Å². The van der Waals surface area contributed by atoms with E-state index in [0.717, 1.165) is 31.4 Å². The maximum Gasteiger partial charge on any atom is 0.321 e. The van der Waals surface area contributed by atoms with Crippen LogP contribution in [0, 0.1) is 28.9 Å². The number of aromatic nitrogens is 5. The van der Waals surface area contributed by atoms with Crippen LogP contribution >= 0.6 is 0 Å². The number of fused-ring (bicyclic) bond motifs is 3. The highest BCUT2D eigenvalue weighted by molar-refractivity contribution is 6.04. The molecule has 0 amide bonds. The van der Waals surface area contributed by atoms with Crippen molar-refractivity contribution in [1.29, 1.82) is 5.26 Å². The van der Waals surface area contributed by atoms with Crippen molar-refractivity contribution in [2.24, 2.45) is 5.92 Å². The molecule has 184 valence electrons. The van der Waals surface area contributed by atoms with E-state index in [1.54, 1.807) is 30.7 Å². The summed E-state index contributed by atoms with van der Waals surface area (Å²) in [6, 6.07) is 11.2. The highest BCUT2D eigenvalue weighted by Crippen LogP contribution is 2.34. The fourth-order valence-corrected chi connectivity index (χ4v) is 4.81. The fraction of sp³-hybridized carbons (Fsp3) is 0.222. The highest BCUT2D eigenvalue weighted by Gasteiger charge is 2.22. The first-order valence-electron chi connectivity index (χ1n) is 11.9. The zero-order valence-electron chi connectivity index (χ0n) is 19.7. The van der Waals surface area contributed by atoms with Gasteiger partial charge in [-0.25, -0.2) is 28.4 Å². The van der Waals surface area contributed by atoms with E-state index < -0.39 is 11.6 Å². The molecule has 6 rings (SSSR count). The third-order valence-corrected chi connectivity index (χ3v) is 6.70. The Morgan fingerprint density at radius 1 is 0.946 bits per heavy atom. The van der Waals surface area contributed by atoms with Gasteiger partial charge in [-0.3, -0.25) is 4.98 Å². The molecule has 4 heterocycles. The molecule has 10 heteroatoms. The Bertz CT molecular complexity index is 1640. The molecule has 0 aliphatic carbocycles. The van der Waals surface area contributed by atoms with Crippen LogP contribution in [0.2, 0.25) is 0 Å². The van der Waals surface area contributed by atoms with E-state index >= 15 is 8.78 Å². The predicted molar refractivity (Wildman–Crippen MR) is 133 cm³/mol. The first kappa shape index (κ1) is 22.8. The van der Waals surface area contributed by atoms with Crippen molar-refractivity contribution >= 4 is 21.9 Å². The zero-order valence-corrected chi connectivity index (χ0v) is 19.7. The van der Waals surface area contributed by atoms with Gasteiger partial charge in [-0.2, -0.15) is 5.26 Å². The number of nitrogens with zero attached hydrogens (tertiary/aromatic N) is 7. The summed E-state index contributed by atoms with van der Waals surface area (Å²) in [7, 11) is 0. The zero-order chi connectivity index (χ0) is 25.4. The molecule has 0 radical (unpaired) electrons. The van der Waals surface area contributed by atoms with Crippen LogP contribution in [0.25, 0.3) is 33.1 Å². The Balaban J connectivity index is 1.39. The third-order valence-electron chi connectivity index (χ3n) is 6.70. The van der Waals surface area contributed by atoms with Gasteiger partial charge in [0, 0.05) is 60.5 Å². The van der Waals surface area contributed by atoms with Crippen LogP contribution in [0.15, 0.2) is 61.3 Å². The van der Waals surface area contributed by atoms with E-state index in [0.29, 0.717) is 28.8 Å². The summed E-state index contributed by atoms with van der Waals surface area (Å²) in [4.78, 5) is 16.8. The standard InChI is InChI=1S/C27H21F2N7O/c28-22-12-18(37-27-31-8-1-9-32-27)2-3-19(22)20-13-21-24(14-23(20)29)33-15-25-26(21)36(16-34-25)35-10-5-17(4-7-30)6-11-35/h1-3,8-9,12-17H,4-6,10-11H2. The van der Waals surface area contributed by atoms with Crippen molar-refractivity contribution in [3.63, 3.8) is 0 Å². The lowest BCUT2D eigenvalue weighted by Crippen LogP contribution is -2.41. The monoisotopic (exact) mass is 497 g/mol. The average Bonchev–Trinajstić information content (AvgIpc) is 3.35. The molecule has 1 aliphatic heterocycles. The lowest BCUT2D eigenvalue weighted by atomic mass is 9.95. The fourth-order valence-electron chi connectivity index (χ4n) is 4.81. The van der Waals surface area contributed by atoms with Crippen molar-refractivity contribution in [2.45, 2.75) is 19.3 Å². The summed E-state index contributed by atoms with van der Waals surface area (Å²) < 4.78 is 37.9. The summed E-state index contributed by atoms with van der Waals surface area (Å²) in [5.74, 6) is -0.629. The van der Waals surface area contributed by atoms with E-state index in [2.05, 4.69) is 31.0 Å². The van der Waals surface area contributed by atoms with Gasteiger partial charge >= 0.3 is 6.01 Å². The molecule has 3 aromatic heterocycles. The number of nitriles is 1. The van der Waals surface area contributed by atoms with Crippen LogP contribution in [0.3, 0.4) is 0 Å². The van der Waals surface area contributed by atoms with Crippen LogP contribution in [0.4, 0.5) is 8.78 Å². The first-order chi connectivity index (χ1) is 18.1. The molecular weight excluding hydrogens is 476 g/mol. The molecule has 1 aliphatic rings. The predicted octanol–water partition coefficient (Wildman–Crippen LogP) is 5.37. The maximum atomic E-state index is 15.2. The quantitative estimate of drug-likeness (QED) is 0.322. The second kappa shape index (κ2) is 9.43. The molecule has 1 saturated heterocycles. The molecule has 5 aromatic rings. The Hall–Kier alpha value is -4.65. The Kier molecular flexibility index (Phi) is 5.81. The minimum absolute atomic E-state index is 0.0879. The number of benzene rings is 2. The first-order valence-corrected chi connectivity index (χ1v) is 11.9. The molecule has 8 nitrogen and oxygen atoms in total. The molecule has 0 N–H and O–H groups in total. The summed E-state index contributed by atoms with van der Waals surface area (Å²) >= 11 is 0. The van der Waals surface area contributed by atoms with Crippen LogP contribution in [-0.2, 0) is 0 Å². The molecular formula is C27H21F2N7O. The largest absolute Gasteiger partial charge is 0.424 e. The van der Waals surface area contributed by atoms with E-state index in [1.165, 1.54) is 30.6 Å². The van der Waals surface area contributed by atoms with Crippen molar-refractivity contribution < 1.29 is 13.5 Å². The number of rotatable bonds is 5. The summed E-state index contributed by atoms with van der Waals surface area (Å²) in [5.41, 5.74) is 2.11.